The first-order valence-electron chi connectivity index (χ1n) is 9.32. The zero-order valence-corrected chi connectivity index (χ0v) is 16.9. The second-order valence-corrected chi connectivity index (χ2v) is 6.97. The Bertz CT molecular complexity index is 1090. The number of hydrogen-bond donors (Lipinski definition) is 2. The normalized spacial score (nSPS) is 10.8. The molecule has 2 N–H and O–H groups in total. The molecular formula is C21H24N4O2S. The first-order chi connectivity index (χ1) is 13.5. The molecule has 1 aromatic heterocycles. The second-order valence-electron chi connectivity index (χ2n) is 6.58. The van der Waals surface area contributed by atoms with Crippen LogP contribution in [-0.2, 0) is 7.05 Å². The molecule has 7 heteroatoms. The number of hydrogen-bond acceptors (Lipinski definition) is 4. The van der Waals surface area contributed by atoms with Crippen LogP contribution < -0.4 is 15.8 Å². The van der Waals surface area contributed by atoms with E-state index in [1.807, 2.05) is 18.2 Å². The highest BCUT2D eigenvalue weighted by Crippen LogP contribution is 2.13. The molecule has 146 valence electrons. The van der Waals surface area contributed by atoms with Crippen molar-refractivity contribution in [2.24, 2.45) is 7.05 Å². The fourth-order valence-electron chi connectivity index (χ4n) is 3.13. The number of fused-ring (bicyclic) bond motifs is 1. The smallest absolute Gasteiger partial charge is 0.261 e. The highest BCUT2D eigenvalue weighted by atomic mass is 32.1. The molecule has 0 aliphatic carbocycles. The summed E-state index contributed by atoms with van der Waals surface area (Å²) in [7, 11) is 1.62. The summed E-state index contributed by atoms with van der Waals surface area (Å²) in [6.45, 7) is 4.47. The molecule has 1 heterocycles. The van der Waals surface area contributed by atoms with Gasteiger partial charge in [0, 0.05) is 37.9 Å². The summed E-state index contributed by atoms with van der Waals surface area (Å²) in [6, 6.07) is 15.2. The Morgan fingerprint density at radius 1 is 1.21 bits per heavy atom. The Hall–Kier alpha value is -2.93. The highest BCUT2D eigenvalue weighted by molar-refractivity contribution is 7.71. The quantitative estimate of drug-likeness (QED) is 0.475. The third-order valence-electron chi connectivity index (χ3n) is 4.76. The zero-order valence-electron chi connectivity index (χ0n) is 16.1. The van der Waals surface area contributed by atoms with Crippen molar-refractivity contribution in [2.45, 2.75) is 13.3 Å². The number of H-pyrrole nitrogens is 1. The summed E-state index contributed by atoms with van der Waals surface area (Å²) < 4.78 is 1.71. The van der Waals surface area contributed by atoms with E-state index < -0.39 is 0 Å². The summed E-state index contributed by atoms with van der Waals surface area (Å²) in [5.74, 6) is -0.162. The van der Waals surface area contributed by atoms with E-state index in [1.54, 1.807) is 25.2 Å². The number of nitrogens with zero attached hydrogens (tertiary/aromatic N) is 2. The second kappa shape index (κ2) is 8.84. The molecule has 0 atom stereocenters. The number of carbonyl (C=O) groups excluding carboxylic acids is 1. The van der Waals surface area contributed by atoms with Gasteiger partial charge in [-0.3, -0.25) is 14.2 Å². The van der Waals surface area contributed by atoms with Crippen LogP contribution in [0.1, 0.15) is 23.7 Å². The van der Waals surface area contributed by atoms with Crippen LogP contribution >= 0.6 is 12.2 Å². The minimum absolute atomic E-state index is 0.162. The highest BCUT2D eigenvalue weighted by Gasteiger charge is 2.09. The van der Waals surface area contributed by atoms with Crippen LogP contribution in [0.2, 0.25) is 0 Å². The number of nitrogens with one attached hydrogen (secondary N) is 2. The third kappa shape index (κ3) is 4.31. The lowest BCUT2D eigenvalue weighted by Crippen LogP contribution is -2.30. The summed E-state index contributed by atoms with van der Waals surface area (Å²) in [5, 5.41) is 3.45. The molecule has 3 aromatic rings. The fraction of sp³-hybridized carbons (Fsp3) is 0.286. The van der Waals surface area contributed by atoms with Gasteiger partial charge in [-0.1, -0.05) is 18.2 Å². The molecule has 0 fully saturated rings. The maximum absolute atomic E-state index is 12.5. The van der Waals surface area contributed by atoms with Gasteiger partial charge in [0.15, 0.2) is 4.77 Å². The lowest BCUT2D eigenvalue weighted by Gasteiger charge is -2.23. The molecule has 2 aromatic carbocycles. The van der Waals surface area contributed by atoms with Crippen molar-refractivity contribution >= 4 is 34.7 Å². The molecule has 0 spiro atoms. The van der Waals surface area contributed by atoms with Crippen molar-refractivity contribution < 1.29 is 4.79 Å². The first-order valence-corrected chi connectivity index (χ1v) is 9.73. The van der Waals surface area contributed by atoms with E-state index in [9.17, 15) is 9.59 Å². The fourth-order valence-corrected chi connectivity index (χ4v) is 3.32. The topological polar surface area (TPSA) is 70.1 Å². The van der Waals surface area contributed by atoms with Crippen LogP contribution in [0.5, 0.6) is 0 Å². The van der Waals surface area contributed by atoms with Gasteiger partial charge in [-0.2, -0.15) is 0 Å². The van der Waals surface area contributed by atoms with E-state index in [-0.39, 0.29) is 11.5 Å². The van der Waals surface area contributed by atoms with E-state index in [0.717, 1.165) is 19.5 Å². The van der Waals surface area contributed by atoms with Crippen molar-refractivity contribution in [3.8, 4) is 0 Å². The van der Waals surface area contributed by atoms with Crippen LogP contribution in [0.15, 0.2) is 53.3 Å². The SMILES string of the molecule is CCN(CCCNC(=O)c1ccc2c(=O)n(C)c(=S)[nH]c2c1)c1ccccc1. The van der Waals surface area contributed by atoms with Gasteiger partial charge in [-0.15, -0.1) is 0 Å². The van der Waals surface area contributed by atoms with Gasteiger partial charge in [0.1, 0.15) is 0 Å². The van der Waals surface area contributed by atoms with Gasteiger partial charge < -0.3 is 15.2 Å². The van der Waals surface area contributed by atoms with Crippen molar-refractivity contribution in [3.05, 3.63) is 69.2 Å². The number of amides is 1. The molecule has 0 aliphatic heterocycles. The summed E-state index contributed by atoms with van der Waals surface area (Å²) in [6.07, 6.45) is 0.838. The molecule has 0 unspecified atom stereocenters. The molecular weight excluding hydrogens is 372 g/mol. The van der Waals surface area contributed by atoms with E-state index in [4.69, 9.17) is 12.2 Å². The number of aromatic nitrogens is 2. The maximum atomic E-state index is 12.5. The average Bonchev–Trinajstić information content (AvgIpc) is 2.72. The number of para-hydroxylation sites is 1. The van der Waals surface area contributed by atoms with Gasteiger partial charge in [-0.05, 0) is 55.9 Å². The minimum Gasteiger partial charge on any atom is -0.372 e. The Morgan fingerprint density at radius 2 is 1.96 bits per heavy atom. The average molecular weight is 397 g/mol. The Labute approximate surface area is 168 Å². The van der Waals surface area contributed by atoms with Gasteiger partial charge in [0.25, 0.3) is 11.5 Å². The molecule has 1 amide bonds. The number of carbonyl (C=O) groups is 1. The lowest BCUT2D eigenvalue weighted by molar-refractivity contribution is 0.0953. The lowest BCUT2D eigenvalue weighted by atomic mass is 10.1. The number of rotatable bonds is 7. The van der Waals surface area contributed by atoms with Crippen molar-refractivity contribution in [1.82, 2.24) is 14.9 Å². The minimum atomic E-state index is -0.175. The van der Waals surface area contributed by atoms with Gasteiger partial charge in [0.2, 0.25) is 0 Å². The summed E-state index contributed by atoms with van der Waals surface area (Å²) in [4.78, 5) is 30.0. The molecule has 3 rings (SSSR count). The van der Waals surface area contributed by atoms with Crippen LogP contribution in [0.4, 0.5) is 5.69 Å². The van der Waals surface area contributed by atoms with Crippen LogP contribution in [-0.4, -0.2) is 35.1 Å². The molecule has 0 saturated carbocycles. The number of aromatic amines is 1. The first kappa shape index (κ1) is 19.8. The predicted molar refractivity (Wildman–Crippen MR) is 116 cm³/mol. The summed E-state index contributed by atoms with van der Waals surface area (Å²) in [5.41, 5.74) is 2.08. The van der Waals surface area contributed by atoms with Crippen LogP contribution in [0.3, 0.4) is 0 Å². The molecule has 0 bridgehead atoms. The van der Waals surface area contributed by atoms with Gasteiger partial charge in [-0.25, -0.2) is 0 Å². The Morgan fingerprint density at radius 3 is 2.68 bits per heavy atom. The molecule has 6 nitrogen and oxygen atoms in total. The van der Waals surface area contributed by atoms with E-state index in [0.29, 0.717) is 27.8 Å². The molecule has 28 heavy (non-hydrogen) atoms. The van der Waals surface area contributed by atoms with E-state index >= 15 is 0 Å². The van der Waals surface area contributed by atoms with Crippen LogP contribution in [0, 0.1) is 4.77 Å². The number of benzene rings is 2. The molecule has 0 aliphatic rings. The monoisotopic (exact) mass is 396 g/mol. The predicted octanol–water partition coefficient (Wildman–Crippen LogP) is 3.24. The number of anilines is 1. The van der Waals surface area contributed by atoms with E-state index in [1.165, 1.54) is 10.3 Å². The largest absolute Gasteiger partial charge is 0.372 e. The van der Waals surface area contributed by atoms with E-state index in [2.05, 4.69) is 34.3 Å². The Balaban J connectivity index is 1.61. The standard InChI is InChI=1S/C21H24N4O2S/c1-3-25(16-8-5-4-6-9-16)13-7-12-22-19(26)15-10-11-17-18(14-15)23-21(28)24(2)20(17)27/h4-6,8-11,14H,3,7,12-13H2,1-2H3,(H,22,26)(H,23,28). The zero-order chi connectivity index (χ0) is 20.1. The van der Waals surface area contributed by atoms with Gasteiger partial charge in [0.05, 0.1) is 10.9 Å². The maximum Gasteiger partial charge on any atom is 0.261 e. The molecule has 0 saturated heterocycles. The van der Waals surface area contributed by atoms with Crippen LogP contribution in [0.25, 0.3) is 10.9 Å². The van der Waals surface area contributed by atoms with Crippen molar-refractivity contribution in [1.29, 1.82) is 0 Å². The molecule has 0 radical (unpaired) electrons. The third-order valence-corrected chi connectivity index (χ3v) is 5.13. The Kier molecular flexibility index (Phi) is 6.26. The van der Waals surface area contributed by atoms with Crippen molar-refractivity contribution in [2.75, 3.05) is 24.5 Å². The van der Waals surface area contributed by atoms with Crippen molar-refractivity contribution in [3.63, 3.8) is 0 Å². The summed E-state index contributed by atoms with van der Waals surface area (Å²) >= 11 is 5.14. The van der Waals surface area contributed by atoms with Gasteiger partial charge >= 0.3 is 0 Å².